The molecule has 3 nitrogen and oxygen atoms in total. The van der Waals surface area contributed by atoms with Crippen molar-refractivity contribution in [2.24, 2.45) is 5.92 Å². The van der Waals surface area contributed by atoms with Crippen molar-refractivity contribution in [3.63, 3.8) is 0 Å². The van der Waals surface area contributed by atoms with Crippen LogP contribution >= 0.6 is 0 Å². The van der Waals surface area contributed by atoms with Gasteiger partial charge in [-0.05, 0) is 12.0 Å². The van der Waals surface area contributed by atoms with Crippen molar-refractivity contribution in [2.45, 2.75) is 32.9 Å². The second-order valence-corrected chi connectivity index (χ2v) is 4.74. The SMILES string of the molecule is CC(C)C(O)CNCc1ccc(F)cc1OC(F)(F)F. The minimum Gasteiger partial charge on any atom is -0.405 e. The highest BCUT2D eigenvalue weighted by Gasteiger charge is 2.32. The summed E-state index contributed by atoms with van der Waals surface area (Å²) in [4.78, 5) is 0. The molecule has 0 saturated carbocycles. The van der Waals surface area contributed by atoms with E-state index in [4.69, 9.17) is 0 Å². The Balaban J connectivity index is 2.69. The molecule has 0 aliphatic carbocycles. The van der Waals surface area contributed by atoms with E-state index in [0.29, 0.717) is 6.07 Å². The fourth-order valence-electron chi connectivity index (χ4n) is 1.48. The maximum Gasteiger partial charge on any atom is 0.573 e. The van der Waals surface area contributed by atoms with Gasteiger partial charge in [0.15, 0.2) is 0 Å². The molecule has 20 heavy (non-hydrogen) atoms. The standard InChI is InChI=1S/C13H17F4NO2/c1-8(2)11(19)7-18-6-9-3-4-10(14)5-12(9)20-13(15,16)17/h3-5,8,11,18-19H,6-7H2,1-2H3. The summed E-state index contributed by atoms with van der Waals surface area (Å²) in [7, 11) is 0. The molecule has 0 saturated heterocycles. The summed E-state index contributed by atoms with van der Waals surface area (Å²) in [5.74, 6) is -1.36. The number of ether oxygens (including phenoxy) is 1. The fourth-order valence-corrected chi connectivity index (χ4v) is 1.48. The Bertz CT molecular complexity index is 435. The van der Waals surface area contributed by atoms with Crippen molar-refractivity contribution in [3.8, 4) is 5.75 Å². The number of hydrogen-bond donors (Lipinski definition) is 2. The van der Waals surface area contributed by atoms with E-state index in [2.05, 4.69) is 10.1 Å². The van der Waals surface area contributed by atoms with E-state index >= 15 is 0 Å². The summed E-state index contributed by atoms with van der Waals surface area (Å²) in [6, 6.07) is 2.95. The van der Waals surface area contributed by atoms with Gasteiger partial charge < -0.3 is 15.2 Å². The number of aliphatic hydroxyl groups is 1. The summed E-state index contributed by atoms with van der Waals surface area (Å²) in [5, 5.41) is 12.4. The first kappa shape index (κ1) is 16.7. The minimum atomic E-state index is -4.88. The summed E-state index contributed by atoms with van der Waals surface area (Å²) in [6.07, 6.45) is -5.48. The van der Waals surface area contributed by atoms with Gasteiger partial charge in [-0.3, -0.25) is 0 Å². The van der Waals surface area contributed by atoms with Crippen molar-refractivity contribution in [3.05, 3.63) is 29.6 Å². The quantitative estimate of drug-likeness (QED) is 0.793. The molecule has 0 radical (unpaired) electrons. The highest BCUT2D eigenvalue weighted by Crippen LogP contribution is 2.27. The maximum atomic E-state index is 13.0. The fraction of sp³-hybridized carbons (Fsp3) is 0.538. The third kappa shape index (κ3) is 5.75. The third-order valence-corrected chi connectivity index (χ3v) is 2.69. The van der Waals surface area contributed by atoms with Gasteiger partial charge in [-0.15, -0.1) is 13.2 Å². The van der Waals surface area contributed by atoms with Crippen LogP contribution in [0.5, 0.6) is 5.75 Å². The van der Waals surface area contributed by atoms with Crippen LogP contribution in [-0.2, 0) is 6.54 Å². The van der Waals surface area contributed by atoms with Gasteiger partial charge in [0.2, 0.25) is 0 Å². The smallest absolute Gasteiger partial charge is 0.405 e. The average Bonchev–Trinajstić information content (AvgIpc) is 2.29. The van der Waals surface area contributed by atoms with E-state index in [-0.39, 0.29) is 24.6 Å². The van der Waals surface area contributed by atoms with E-state index in [9.17, 15) is 22.7 Å². The van der Waals surface area contributed by atoms with E-state index in [1.54, 1.807) is 0 Å². The zero-order valence-corrected chi connectivity index (χ0v) is 11.2. The van der Waals surface area contributed by atoms with Crippen LogP contribution < -0.4 is 10.1 Å². The van der Waals surface area contributed by atoms with Crippen LogP contribution in [0.4, 0.5) is 17.6 Å². The molecular weight excluding hydrogens is 278 g/mol. The Morgan fingerprint density at radius 1 is 1.30 bits per heavy atom. The molecular formula is C13H17F4NO2. The molecule has 1 rings (SSSR count). The number of aliphatic hydroxyl groups excluding tert-OH is 1. The van der Waals surface area contributed by atoms with Crippen molar-refractivity contribution in [2.75, 3.05) is 6.54 Å². The van der Waals surface area contributed by atoms with Crippen LogP contribution in [0.15, 0.2) is 18.2 Å². The van der Waals surface area contributed by atoms with Crippen molar-refractivity contribution in [1.82, 2.24) is 5.32 Å². The topological polar surface area (TPSA) is 41.5 Å². The number of nitrogens with one attached hydrogen (secondary N) is 1. The normalized spacial score (nSPS) is 13.6. The highest BCUT2D eigenvalue weighted by atomic mass is 19.4. The summed E-state index contributed by atoms with van der Waals surface area (Å²) >= 11 is 0. The molecule has 0 bridgehead atoms. The highest BCUT2D eigenvalue weighted by molar-refractivity contribution is 5.34. The van der Waals surface area contributed by atoms with E-state index in [1.165, 1.54) is 6.07 Å². The third-order valence-electron chi connectivity index (χ3n) is 2.69. The zero-order valence-electron chi connectivity index (χ0n) is 11.2. The molecule has 0 spiro atoms. The number of alkyl halides is 3. The van der Waals surface area contributed by atoms with Crippen LogP contribution in [0.1, 0.15) is 19.4 Å². The molecule has 2 N–H and O–H groups in total. The minimum absolute atomic E-state index is 0.0293. The first-order valence-electron chi connectivity index (χ1n) is 6.12. The second-order valence-electron chi connectivity index (χ2n) is 4.74. The first-order valence-corrected chi connectivity index (χ1v) is 6.12. The molecule has 1 atom stereocenters. The number of hydrogen-bond acceptors (Lipinski definition) is 3. The Hall–Kier alpha value is -1.34. The predicted molar refractivity (Wildman–Crippen MR) is 65.6 cm³/mol. The van der Waals surface area contributed by atoms with Crippen molar-refractivity contribution >= 4 is 0 Å². The lowest BCUT2D eigenvalue weighted by atomic mass is 10.1. The molecule has 1 aromatic carbocycles. The average molecular weight is 295 g/mol. The largest absolute Gasteiger partial charge is 0.573 e. The number of benzene rings is 1. The van der Waals surface area contributed by atoms with E-state index in [1.807, 2.05) is 13.8 Å². The van der Waals surface area contributed by atoms with Crippen LogP contribution in [-0.4, -0.2) is 24.1 Å². The zero-order chi connectivity index (χ0) is 15.3. The lowest BCUT2D eigenvalue weighted by Gasteiger charge is -2.17. The predicted octanol–water partition coefficient (Wildman–Crippen LogP) is 2.83. The Labute approximate surface area is 114 Å². The Morgan fingerprint density at radius 2 is 1.95 bits per heavy atom. The summed E-state index contributed by atoms with van der Waals surface area (Å²) in [6.45, 7) is 3.90. The Kier molecular flexibility index (Phi) is 5.76. The number of rotatable bonds is 6. The molecule has 114 valence electrons. The monoisotopic (exact) mass is 295 g/mol. The van der Waals surface area contributed by atoms with Gasteiger partial charge in [0.1, 0.15) is 11.6 Å². The lowest BCUT2D eigenvalue weighted by molar-refractivity contribution is -0.275. The first-order chi connectivity index (χ1) is 9.19. The summed E-state index contributed by atoms with van der Waals surface area (Å²) in [5.41, 5.74) is 0.166. The van der Waals surface area contributed by atoms with E-state index in [0.717, 1.165) is 6.07 Å². The van der Waals surface area contributed by atoms with Crippen LogP contribution in [0.2, 0.25) is 0 Å². The van der Waals surface area contributed by atoms with Crippen LogP contribution in [0.3, 0.4) is 0 Å². The van der Waals surface area contributed by atoms with Gasteiger partial charge in [0.05, 0.1) is 6.10 Å². The van der Waals surface area contributed by atoms with Crippen molar-refractivity contribution in [1.29, 1.82) is 0 Å². The van der Waals surface area contributed by atoms with Gasteiger partial charge >= 0.3 is 6.36 Å². The molecule has 0 aliphatic rings. The maximum absolute atomic E-state index is 13.0. The molecule has 0 amide bonds. The second kappa shape index (κ2) is 6.90. The van der Waals surface area contributed by atoms with Crippen LogP contribution in [0.25, 0.3) is 0 Å². The van der Waals surface area contributed by atoms with Gasteiger partial charge in [0, 0.05) is 24.7 Å². The van der Waals surface area contributed by atoms with Crippen LogP contribution in [0, 0.1) is 11.7 Å². The van der Waals surface area contributed by atoms with Gasteiger partial charge in [0.25, 0.3) is 0 Å². The van der Waals surface area contributed by atoms with Gasteiger partial charge in [-0.1, -0.05) is 19.9 Å². The van der Waals surface area contributed by atoms with Crippen molar-refractivity contribution < 1.29 is 27.4 Å². The molecule has 0 aliphatic heterocycles. The summed E-state index contributed by atoms with van der Waals surface area (Å²) < 4.78 is 53.4. The van der Waals surface area contributed by atoms with Gasteiger partial charge in [-0.2, -0.15) is 0 Å². The Morgan fingerprint density at radius 3 is 2.50 bits per heavy atom. The molecule has 0 fully saturated rings. The molecule has 7 heteroatoms. The molecule has 0 aromatic heterocycles. The van der Waals surface area contributed by atoms with E-state index < -0.39 is 24.0 Å². The van der Waals surface area contributed by atoms with Gasteiger partial charge in [-0.25, -0.2) is 4.39 Å². The molecule has 0 heterocycles. The lowest BCUT2D eigenvalue weighted by Crippen LogP contribution is -2.30. The molecule has 1 aromatic rings. The number of halogens is 4. The molecule has 1 unspecified atom stereocenters.